The number of nitrogens with zero attached hydrogens (tertiary/aromatic N) is 1. The van der Waals surface area contributed by atoms with Gasteiger partial charge in [0, 0.05) is 0 Å². The Morgan fingerprint density at radius 1 is 1.06 bits per heavy atom. The lowest BCUT2D eigenvalue weighted by atomic mass is 10.2. The number of carbonyl (C=O) groups is 2. The summed E-state index contributed by atoms with van der Waals surface area (Å²) in [5.41, 5.74) is 1.46. The van der Waals surface area contributed by atoms with E-state index in [4.69, 9.17) is 18.6 Å². The molecule has 0 bridgehead atoms. The third kappa shape index (κ3) is 6.08. The van der Waals surface area contributed by atoms with Crippen LogP contribution in [-0.4, -0.2) is 37.9 Å². The zero-order chi connectivity index (χ0) is 25.5. The van der Waals surface area contributed by atoms with Crippen LogP contribution in [0.15, 0.2) is 68.9 Å². The van der Waals surface area contributed by atoms with Crippen LogP contribution in [0.2, 0.25) is 0 Å². The summed E-state index contributed by atoms with van der Waals surface area (Å²) < 4.78 is 26.7. The number of esters is 1. The Bertz CT molecular complexity index is 1310. The second-order valence-corrected chi connectivity index (χ2v) is 8.40. The molecule has 10 heteroatoms. The third-order valence-corrected chi connectivity index (χ3v) is 5.84. The number of carbonyl (C=O) groups excluding carboxylic acids is 2. The van der Waals surface area contributed by atoms with Crippen molar-refractivity contribution >= 4 is 40.6 Å². The van der Waals surface area contributed by atoms with E-state index in [1.54, 1.807) is 24.3 Å². The lowest BCUT2D eigenvalue weighted by Gasteiger charge is -2.10. The summed E-state index contributed by atoms with van der Waals surface area (Å²) in [4.78, 5) is 29.0. The topological polar surface area (TPSA) is 109 Å². The number of hydrogen-bond acceptors (Lipinski definition) is 9. The highest BCUT2D eigenvalue weighted by Gasteiger charge is 2.24. The molecule has 0 unspecified atom stereocenters. The Morgan fingerprint density at radius 2 is 1.86 bits per heavy atom. The van der Waals surface area contributed by atoms with Gasteiger partial charge in [-0.15, -0.1) is 0 Å². The second-order valence-electron chi connectivity index (χ2n) is 7.37. The van der Waals surface area contributed by atoms with Crippen molar-refractivity contribution in [2.24, 2.45) is 4.99 Å². The van der Waals surface area contributed by atoms with E-state index in [9.17, 15) is 9.59 Å². The fourth-order valence-corrected chi connectivity index (χ4v) is 4.08. The van der Waals surface area contributed by atoms with Crippen LogP contribution in [0.4, 0.5) is 5.69 Å². The second kappa shape index (κ2) is 11.5. The van der Waals surface area contributed by atoms with Crippen LogP contribution in [0.5, 0.6) is 17.2 Å². The monoisotopic (exact) mass is 508 g/mol. The maximum Gasteiger partial charge on any atom is 0.373 e. The van der Waals surface area contributed by atoms with Crippen molar-refractivity contribution in [3.63, 3.8) is 0 Å². The zero-order valence-corrected chi connectivity index (χ0v) is 20.7. The smallest absolute Gasteiger partial charge is 0.373 e. The van der Waals surface area contributed by atoms with E-state index >= 15 is 0 Å². The quantitative estimate of drug-likeness (QED) is 0.320. The minimum absolute atomic E-state index is 0.0947. The molecule has 1 saturated heterocycles. The van der Waals surface area contributed by atoms with Crippen LogP contribution in [0, 0.1) is 0 Å². The van der Waals surface area contributed by atoms with E-state index in [0.717, 1.165) is 11.3 Å². The van der Waals surface area contributed by atoms with Crippen molar-refractivity contribution in [3.8, 4) is 17.2 Å². The molecule has 1 fully saturated rings. The molecule has 1 N–H and O–H groups in total. The molecule has 0 atom stereocenters. The number of thioether (sulfide) groups is 1. The zero-order valence-electron chi connectivity index (χ0n) is 19.9. The number of ether oxygens (including phenoxy) is 4. The van der Waals surface area contributed by atoms with Gasteiger partial charge in [-0.1, -0.05) is 6.07 Å². The fourth-order valence-electron chi connectivity index (χ4n) is 3.24. The summed E-state index contributed by atoms with van der Waals surface area (Å²) >= 11 is 1.25. The van der Waals surface area contributed by atoms with Crippen molar-refractivity contribution in [3.05, 3.63) is 76.6 Å². The molecular formula is C26H24N2O7S. The van der Waals surface area contributed by atoms with Gasteiger partial charge in [-0.3, -0.25) is 4.79 Å². The minimum Gasteiger partial charge on any atom is -0.494 e. The predicted octanol–water partition coefficient (Wildman–Crippen LogP) is 4.94. The first-order valence-corrected chi connectivity index (χ1v) is 11.8. The number of hydrogen-bond donors (Lipinski definition) is 1. The Labute approximate surface area is 212 Å². The Balaban J connectivity index is 1.43. The van der Waals surface area contributed by atoms with Crippen LogP contribution in [-0.2, 0) is 16.1 Å². The molecule has 3 aromatic rings. The molecule has 1 aliphatic rings. The van der Waals surface area contributed by atoms with Gasteiger partial charge in [0.05, 0.1) is 31.4 Å². The van der Waals surface area contributed by atoms with Gasteiger partial charge >= 0.3 is 5.97 Å². The molecule has 186 valence electrons. The SMILES string of the molecule is CCOc1ccc(N=C2NC(=O)C(=Cc3ccc(OCc4ccc(C(=O)OC)o4)c(OC)c3)S2)cc1. The predicted molar refractivity (Wildman–Crippen MR) is 136 cm³/mol. The Morgan fingerprint density at radius 3 is 2.58 bits per heavy atom. The van der Waals surface area contributed by atoms with Gasteiger partial charge < -0.3 is 28.7 Å². The van der Waals surface area contributed by atoms with Gasteiger partial charge in [0.2, 0.25) is 5.76 Å². The highest BCUT2D eigenvalue weighted by molar-refractivity contribution is 8.18. The summed E-state index contributed by atoms with van der Waals surface area (Å²) in [6.07, 6.45) is 1.75. The molecule has 4 rings (SSSR count). The highest BCUT2D eigenvalue weighted by atomic mass is 32.2. The van der Waals surface area contributed by atoms with Crippen molar-refractivity contribution in [1.82, 2.24) is 5.32 Å². The number of amides is 1. The lowest BCUT2D eigenvalue weighted by molar-refractivity contribution is -0.115. The van der Waals surface area contributed by atoms with Gasteiger partial charge in [0.25, 0.3) is 5.91 Å². The first-order valence-electron chi connectivity index (χ1n) is 11.0. The number of methoxy groups -OCH3 is 2. The number of amidine groups is 1. The number of aliphatic imine (C=N–C) groups is 1. The van der Waals surface area contributed by atoms with Gasteiger partial charge in [-0.2, -0.15) is 0 Å². The van der Waals surface area contributed by atoms with Gasteiger partial charge in [-0.25, -0.2) is 9.79 Å². The maximum atomic E-state index is 12.5. The van der Waals surface area contributed by atoms with Crippen molar-refractivity contribution in [2.75, 3.05) is 20.8 Å². The summed E-state index contributed by atoms with van der Waals surface area (Å²) in [6, 6.07) is 15.8. The van der Waals surface area contributed by atoms with Crippen LogP contribution in [0.1, 0.15) is 28.8 Å². The van der Waals surface area contributed by atoms with Crippen LogP contribution in [0.25, 0.3) is 6.08 Å². The van der Waals surface area contributed by atoms with Crippen molar-refractivity contribution in [2.45, 2.75) is 13.5 Å². The van der Waals surface area contributed by atoms with Gasteiger partial charge in [0.15, 0.2) is 16.7 Å². The Hall–Kier alpha value is -4.18. The lowest BCUT2D eigenvalue weighted by Crippen LogP contribution is -2.19. The third-order valence-electron chi connectivity index (χ3n) is 4.93. The first-order chi connectivity index (χ1) is 17.5. The fraction of sp³-hybridized carbons (Fsp3) is 0.192. The number of nitrogens with one attached hydrogen (secondary N) is 1. The molecule has 0 saturated carbocycles. The van der Waals surface area contributed by atoms with E-state index in [1.165, 1.54) is 32.0 Å². The van der Waals surface area contributed by atoms with Crippen LogP contribution >= 0.6 is 11.8 Å². The van der Waals surface area contributed by atoms with Crippen LogP contribution < -0.4 is 19.5 Å². The molecular weight excluding hydrogens is 484 g/mol. The molecule has 0 radical (unpaired) electrons. The summed E-state index contributed by atoms with van der Waals surface area (Å²) in [5, 5.41) is 3.27. The highest BCUT2D eigenvalue weighted by Crippen LogP contribution is 2.33. The normalized spacial score (nSPS) is 15.1. The average molecular weight is 509 g/mol. The molecule has 0 aliphatic carbocycles. The summed E-state index contributed by atoms with van der Waals surface area (Å²) in [5.74, 6) is 1.50. The van der Waals surface area contributed by atoms with E-state index in [2.05, 4.69) is 15.0 Å². The minimum atomic E-state index is -0.558. The van der Waals surface area contributed by atoms with Gasteiger partial charge in [0.1, 0.15) is 18.1 Å². The number of rotatable bonds is 9. The number of furan rings is 1. The Kier molecular flexibility index (Phi) is 7.96. The molecule has 1 amide bonds. The van der Waals surface area contributed by atoms with E-state index < -0.39 is 5.97 Å². The van der Waals surface area contributed by atoms with E-state index in [-0.39, 0.29) is 18.3 Å². The molecule has 2 aromatic carbocycles. The van der Waals surface area contributed by atoms with Gasteiger partial charge in [-0.05, 0) is 78.9 Å². The number of benzene rings is 2. The van der Waals surface area contributed by atoms with Crippen LogP contribution in [0.3, 0.4) is 0 Å². The summed E-state index contributed by atoms with van der Waals surface area (Å²) in [6.45, 7) is 2.61. The standard InChI is InChI=1S/C26H24N2O7S/c1-4-33-18-8-6-17(7-9-18)27-26-28-24(29)23(36-26)14-16-5-11-20(22(13-16)31-2)34-15-19-10-12-21(35-19)25(30)32-3/h5-14H,4,15H2,1-3H3,(H,27,28,29). The molecule has 1 aromatic heterocycles. The average Bonchev–Trinajstić information content (AvgIpc) is 3.50. The van der Waals surface area contributed by atoms with E-state index in [1.807, 2.05) is 37.3 Å². The molecule has 9 nitrogen and oxygen atoms in total. The molecule has 0 spiro atoms. The molecule has 2 heterocycles. The maximum absolute atomic E-state index is 12.5. The largest absolute Gasteiger partial charge is 0.494 e. The molecule has 36 heavy (non-hydrogen) atoms. The molecule has 1 aliphatic heterocycles. The van der Waals surface area contributed by atoms with Crippen molar-refractivity contribution in [1.29, 1.82) is 0 Å². The summed E-state index contributed by atoms with van der Waals surface area (Å²) in [7, 11) is 2.81. The van der Waals surface area contributed by atoms with E-state index in [0.29, 0.717) is 39.6 Å². The van der Waals surface area contributed by atoms with Crippen molar-refractivity contribution < 1.29 is 33.0 Å². The first kappa shape index (κ1) is 24.9.